The molecule has 0 fully saturated rings. The number of nitrogens with one attached hydrogen (secondary N) is 2. The molecule has 4 aromatic carbocycles. The van der Waals surface area contributed by atoms with Crippen LogP contribution in [0.2, 0.25) is 0 Å². The van der Waals surface area contributed by atoms with Gasteiger partial charge in [0.15, 0.2) is 0 Å². The summed E-state index contributed by atoms with van der Waals surface area (Å²) in [4.78, 5) is 6.47. The van der Waals surface area contributed by atoms with Crippen LogP contribution in [0.1, 0.15) is 0 Å². The summed E-state index contributed by atoms with van der Waals surface area (Å²) in [5, 5.41) is 19.7. The van der Waals surface area contributed by atoms with Gasteiger partial charge in [-0.15, -0.1) is 0 Å². The summed E-state index contributed by atoms with van der Waals surface area (Å²) in [7, 11) is -1.34. The maximum Gasteiger partial charge on any atom is 0.488 e. The number of rotatable bonds is 2. The molecule has 4 nitrogen and oxygen atoms in total. The number of halogens is 1. The average molecular weight is 558 g/mol. The zero-order valence-corrected chi connectivity index (χ0v) is 20.6. The Labute approximate surface area is 212 Å². The Hall–Kier alpha value is -3.33. The van der Waals surface area contributed by atoms with Crippen molar-refractivity contribution in [3.63, 3.8) is 0 Å². The highest BCUT2D eigenvalue weighted by Crippen LogP contribution is 2.27. The van der Waals surface area contributed by atoms with E-state index in [2.05, 4.69) is 99.4 Å². The fourth-order valence-electron chi connectivity index (χ4n) is 3.59. The molecule has 0 amide bonds. The van der Waals surface area contributed by atoms with Crippen molar-refractivity contribution in [3.8, 4) is 11.1 Å². The van der Waals surface area contributed by atoms with Gasteiger partial charge < -0.3 is 20.0 Å². The molecule has 0 unspecified atom stereocenters. The summed E-state index contributed by atoms with van der Waals surface area (Å²) >= 11 is 2.32. The fourth-order valence-corrected chi connectivity index (χ4v) is 4.22. The van der Waals surface area contributed by atoms with E-state index in [1.54, 1.807) is 24.3 Å². The standard InChI is InChI=1S/C14H11N.C8H6IN.C6H7BO2/c1-2-6-11(7-3-1)13-10-15-14-9-5-4-8-12(13)14;9-7-5-10-8-4-2-1-3-6(7)8;8-7(9)6-4-2-1-3-5-6/h1-10,15H;1-5,10H;1-5,8-9H. The van der Waals surface area contributed by atoms with Crippen LogP contribution in [0.3, 0.4) is 0 Å². The first kappa shape index (κ1) is 23.8. The molecule has 0 bridgehead atoms. The van der Waals surface area contributed by atoms with E-state index in [1.165, 1.54) is 36.5 Å². The molecule has 4 N–H and O–H groups in total. The second kappa shape index (κ2) is 11.7. The first-order valence-corrected chi connectivity index (χ1v) is 12.0. The number of benzene rings is 4. The summed E-state index contributed by atoms with van der Waals surface area (Å²) in [5.41, 5.74) is 5.46. The maximum atomic E-state index is 8.58. The second-order valence-corrected chi connectivity index (χ2v) is 8.74. The zero-order valence-electron chi connectivity index (χ0n) is 18.4. The highest BCUT2D eigenvalue weighted by atomic mass is 127. The van der Waals surface area contributed by atoms with Crippen molar-refractivity contribution in [2.75, 3.05) is 0 Å². The number of aromatic amines is 2. The molecule has 0 aliphatic heterocycles. The van der Waals surface area contributed by atoms with Crippen molar-refractivity contribution in [3.05, 3.63) is 125 Å². The zero-order chi connectivity index (χ0) is 23.8. The molecule has 0 radical (unpaired) electrons. The van der Waals surface area contributed by atoms with Gasteiger partial charge in [0, 0.05) is 43.3 Å². The summed E-state index contributed by atoms with van der Waals surface area (Å²) < 4.78 is 1.29. The van der Waals surface area contributed by atoms with Gasteiger partial charge in [-0.05, 0) is 45.7 Å². The third-order valence-electron chi connectivity index (χ3n) is 5.31. The van der Waals surface area contributed by atoms with Gasteiger partial charge in [0.25, 0.3) is 0 Å². The molecule has 0 saturated carbocycles. The van der Waals surface area contributed by atoms with Crippen molar-refractivity contribution in [2.45, 2.75) is 0 Å². The molecule has 0 aliphatic carbocycles. The van der Waals surface area contributed by atoms with Crippen molar-refractivity contribution < 1.29 is 10.0 Å². The van der Waals surface area contributed by atoms with Crippen molar-refractivity contribution in [1.82, 2.24) is 9.97 Å². The van der Waals surface area contributed by atoms with E-state index in [-0.39, 0.29) is 0 Å². The topological polar surface area (TPSA) is 72.0 Å². The Morgan fingerprint density at radius 1 is 0.559 bits per heavy atom. The first-order chi connectivity index (χ1) is 16.6. The van der Waals surface area contributed by atoms with Crippen molar-refractivity contribution in [2.24, 2.45) is 0 Å². The Kier molecular flexibility index (Phi) is 8.19. The molecule has 6 aromatic rings. The molecule has 6 heteroatoms. The van der Waals surface area contributed by atoms with Crippen LogP contribution >= 0.6 is 22.6 Å². The molecular formula is C28H24BIN2O2. The summed E-state index contributed by atoms with van der Waals surface area (Å²) in [6, 6.07) is 35.8. The van der Waals surface area contributed by atoms with Gasteiger partial charge in [0.2, 0.25) is 0 Å². The first-order valence-electron chi connectivity index (χ1n) is 10.9. The largest absolute Gasteiger partial charge is 0.488 e. The number of fused-ring (bicyclic) bond motifs is 2. The number of hydrogen-bond acceptors (Lipinski definition) is 2. The van der Waals surface area contributed by atoms with Gasteiger partial charge >= 0.3 is 7.12 Å². The highest BCUT2D eigenvalue weighted by Gasteiger charge is 2.07. The molecule has 0 saturated heterocycles. The summed E-state index contributed by atoms with van der Waals surface area (Å²) in [6.45, 7) is 0. The third kappa shape index (κ3) is 5.97. The predicted octanol–water partition coefficient (Wildman–Crippen LogP) is 5.97. The minimum atomic E-state index is -1.34. The van der Waals surface area contributed by atoms with Crippen LogP contribution in [-0.4, -0.2) is 27.1 Å². The Morgan fingerprint density at radius 2 is 1.06 bits per heavy atom. The SMILES string of the molecule is Ic1c[nH]c2ccccc12.OB(O)c1ccccc1.c1ccc(-c2c[nH]c3ccccc23)cc1. The van der Waals surface area contributed by atoms with Crippen LogP contribution in [0.25, 0.3) is 32.9 Å². The van der Waals surface area contributed by atoms with Crippen LogP contribution in [-0.2, 0) is 0 Å². The fraction of sp³-hybridized carbons (Fsp3) is 0. The lowest BCUT2D eigenvalue weighted by atomic mass is 9.81. The Bertz CT molecular complexity index is 1450. The highest BCUT2D eigenvalue weighted by molar-refractivity contribution is 14.1. The van der Waals surface area contributed by atoms with Crippen LogP contribution in [0.4, 0.5) is 0 Å². The van der Waals surface area contributed by atoms with Crippen molar-refractivity contribution >= 4 is 57.0 Å². The second-order valence-electron chi connectivity index (χ2n) is 7.58. The van der Waals surface area contributed by atoms with Gasteiger partial charge in [0.1, 0.15) is 0 Å². The van der Waals surface area contributed by atoms with E-state index in [9.17, 15) is 0 Å². The van der Waals surface area contributed by atoms with Gasteiger partial charge in [-0.2, -0.15) is 0 Å². The molecule has 6 rings (SSSR count). The lowest BCUT2D eigenvalue weighted by molar-refractivity contribution is 0.426. The maximum absolute atomic E-state index is 8.58. The average Bonchev–Trinajstić information content (AvgIpc) is 3.50. The Balaban J connectivity index is 0.000000127. The lowest BCUT2D eigenvalue weighted by Gasteiger charge is -1.97. The lowest BCUT2D eigenvalue weighted by Crippen LogP contribution is -2.29. The molecular weight excluding hydrogens is 534 g/mol. The van der Waals surface area contributed by atoms with Gasteiger partial charge in [0.05, 0.1) is 0 Å². The number of H-pyrrole nitrogens is 2. The quantitative estimate of drug-likeness (QED) is 0.156. The minimum absolute atomic E-state index is 0.525. The van der Waals surface area contributed by atoms with E-state index in [4.69, 9.17) is 10.0 Å². The smallest absolute Gasteiger partial charge is 0.423 e. The molecule has 2 heterocycles. The van der Waals surface area contributed by atoms with Gasteiger partial charge in [-0.3, -0.25) is 0 Å². The molecule has 0 aliphatic rings. The van der Waals surface area contributed by atoms with E-state index in [0.717, 1.165) is 0 Å². The predicted molar refractivity (Wildman–Crippen MR) is 151 cm³/mol. The molecule has 168 valence electrons. The van der Waals surface area contributed by atoms with Crippen LogP contribution < -0.4 is 5.46 Å². The van der Waals surface area contributed by atoms with Crippen LogP contribution in [0, 0.1) is 3.57 Å². The normalized spacial score (nSPS) is 10.2. The van der Waals surface area contributed by atoms with E-state index < -0.39 is 7.12 Å². The Morgan fingerprint density at radius 3 is 1.65 bits per heavy atom. The number of hydrogen-bond donors (Lipinski definition) is 4. The summed E-state index contributed by atoms with van der Waals surface area (Å²) in [6.07, 6.45) is 4.09. The third-order valence-corrected chi connectivity index (χ3v) is 6.20. The molecule has 2 aromatic heterocycles. The number of para-hydroxylation sites is 2. The van der Waals surface area contributed by atoms with Gasteiger partial charge in [-0.1, -0.05) is 97.1 Å². The number of aromatic nitrogens is 2. The van der Waals surface area contributed by atoms with E-state index in [1.807, 2.05) is 30.5 Å². The monoisotopic (exact) mass is 558 g/mol. The van der Waals surface area contributed by atoms with Gasteiger partial charge in [-0.25, -0.2) is 0 Å². The minimum Gasteiger partial charge on any atom is -0.423 e. The van der Waals surface area contributed by atoms with Crippen molar-refractivity contribution in [1.29, 1.82) is 0 Å². The molecule has 0 spiro atoms. The van der Waals surface area contributed by atoms with E-state index in [0.29, 0.717) is 5.46 Å². The molecule has 0 atom stereocenters. The van der Waals surface area contributed by atoms with E-state index >= 15 is 0 Å². The van der Waals surface area contributed by atoms with Crippen LogP contribution in [0.5, 0.6) is 0 Å². The summed E-state index contributed by atoms with van der Waals surface area (Å²) in [5.74, 6) is 0. The molecule has 34 heavy (non-hydrogen) atoms. The van der Waals surface area contributed by atoms with Crippen LogP contribution in [0.15, 0.2) is 122 Å².